The largest absolute Gasteiger partial charge is 0.394 e. The minimum atomic E-state index is -1.75. The summed E-state index contributed by atoms with van der Waals surface area (Å²) in [5.41, 5.74) is -3.11. The van der Waals surface area contributed by atoms with Crippen LogP contribution in [0.1, 0.15) is 18.4 Å². The Morgan fingerprint density at radius 1 is 1.00 bits per heavy atom. The standard InChI is InChI=1S/C22H24N4O10/c27-10-19-17(29)6-21(35-19,15-8-23-16-2-1-12(25(31)32)5-14(15)16)22(7-18(30)20(11-28)36-22)24-4-3-13(9-24)26(33)34/h1-5,8-9,17-20,23,27-30H,6-7,10-11H2/t17-,18-,19+,20+,21?,22?/m0/s1. The monoisotopic (exact) mass is 504 g/mol. The third-order valence-corrected chi connectivity index (χ3v) is 7.15. The second-order valence-corrected chi connectivity index (χ2v) is 9.06. The summed E-state index contributed by atoms with van der Waals surface area (Å²) < 4.78 is 13.9. The quantitative estimate of drug-likeness (QED) is 0.224. The van der Waals surface area contributed by atoms with Crippen molar-refractivity contribution in [3.63, 3.8) is 0 Å². The van der Waals surface area contributed by atoms with Gasteiger partial charge in [-0.2, -0.15) is 0 Å². The van der Waals surface area contributed by atoms with Gasteiger partial charge in [-0.15, -0.1) is 0 Å². The van der Waals surface area contributed by atoms with Gasteiger partial charge in [-0.1, -0.05) is 0 Å². The van der Waals surface area contributed by atoms with Crippen molar-refractivity contribution in [2.75, 3.05) is 13.2 Å². The predicted octanol–water partition coefficient (Wildman–Crippen LogP) is 0.618. The molecule has 14 heteroatoms. The highest BCUT2D eigenvalue weighted by Gasteiger charge is 2.67. The third kappa shape index (κ3) is 3.42. The molecule has 2 saturated heterocycles. The maximum absolute atomic E-state index is 11.5. The zero-order valence-electron chi connectivity index (χ0n) is 18.8. The molecule has 5 rings (SSSR count). The highest BCUT2D eigenvalue weighted by atomic mass is 16.6. The molecule has 3 aromatic rings. The molecule has 0 spiro atoms. The van der Waals surface area contributed by atoms with E-state index in [4.69, 9.17) is 9.47 Å². The summed E-state index contributed by atoms with van der Waals surface area (Å²) in [4.78, 5) is 24.8. The van der Waals surface area contributed by atoms with Gasteiger partial charge >= 0.3 is 0 Å². The normalized spacial score (nSPS) is 32.3. The molecule has 0 radical (unpaired) electrons. The first kappa shape index (κ1) is 24.3. The second kappa shape index (κ2) is 8.62. The molecule has 2 unspecified atom stereocenters. The molecule has 192 valence electrons. The van der Waals surface area contributed by atoms with Crippen molar-refractivity contribution in [3.8, 4) is 0 Å². The summed E-state index contributed by atoms with van der Waals surface area (Å²) in [5, 5.41) is 64.8. The number of rotatable bonds is 7. The van der Waals surface area contributed by atoms with Gasteiger partial charge in [0.05, 0.1) is 41.5 Å². The fourth-order valence-electron chi connectivity index (χ4n) is 5.47. The minimum absolute atomic E-state index is 0.190. The number of aliphatic hydroxyl groups excluding tert-OH is 4. The molecule has 2 fully saturated rings. The highest BCUT2D eigenvalue weighted by Crippen LogP contribution is 2.58. The lowest BCUT2D eigenvalue weighted by Gasteiger charge is -2.46. The van der Waals surface area contributed by atoms with Crippen LogP contribution in [0, 0.1) is 20.2 Å². The van der Waals surface area contributed by atoms with Gasteiger partial charge in [0, 0.05) is 59.9 Å². The number of fused-ring (bicyclic) bond motifs is 1. The number of nitrogens with zero attached hydrogens (tertiary/aromatic N) is 3. The third-order valence-electron chi connectivity index (χ3n) is 7.15. The Labute approximate surface area is 202 Å². The van der Waals surface area contributed by atoms with Gasteiger partial charge in [0.25, 0.3) is 11.4 Å². The molecule has 0 aliphatic carbocycles. The number of ether oxygens (including phenoxy) is 2. The first-order chi connectivity index (χ1) is 17.2. The fourth-order valence-corrected chi connectivity index (χ4v) is 5.47. The first-order valence-electron chi connectivity index (χ1n) is 11.2. The number of nitrogens with one attached hydrogen (secondary N) is 1. The van der Waals surface area contributed by atoms with E-state index in [0.29, 0.717) is 16.5 Å². The van der Waals surface area contributed by atoms with E-state index in [9.17, 15) is 40.7 Å². The topological polar surface area (TPSA) is 206 Å². The van der Waals surface area contributed by atoms with Crippen LogP contribution in [-0.2, 0) is 20.8 Å². The van der Waals surface area contributed by atoms with Crippen LogP contribution in [0.25, 0.3) is 10.9 Å². The van der Waals surface area contributed by atoms with E-state index in [-0.39, 0.29) is 24.2 Å². The molecule has 4 heterocycles. The van der Waals surface area contributed by atoms with E-state index in [2.05, 4.69) is 4.98 Å². The number of H-pyrrole nitrogens is 1. The van der Waals surface area contributed by atoms with Crippen molar-refractivity contribution in [1.29, 1.82) is 0 Å². The van der Waals surface area contributed by atoms with E-state index in [1.54, 1.807) is 0 Å². The van der Waals surface area contributed by atoms with Crippen molar-refractivity contribution < 1.29 is 39.7 Å². The van der Waals surface area contributed by atoms with E-state index >= 15 is 0 Å². The van der Waals surface area contributed by atoms with E-state index in [1.165, 1.54) is 47.4 Å². The maximum Gasteiger partial charge on any atom is 0.286 e. The van der Waals surface area contributed by atoms with Crippen LogP contribution < -0.4 is 0 Å². The van der Waals surface area contributed by atoms with Crippen molar-refractivity contribution in [1.82, 2.24) is 9.55 Å². The molecular formula is C22H24N4O10. The van der Waals surface area contributed by atoms with Crippen molar-refractivity contribution in [3.05, 3.63) is 68.6 Å². The Morgan fingerprint density at radius 2 is 1.67 bits per heavy atom. The Hall–Kier alpha value is -3.40. The van der Waals surface area contributed by atoms with Gasteiger partial charge in [-0.25, -0.2) is 0 Å². The molecule has 0 amide bonds. The predicted molar refractivity (Wildman–Crippen MR) is 121 cm³/mol. The van der Waals surface area contributed by atoms with Gasteiger partial charge in [0.2, 0.25) is 0 Å². The summed E-state index contributed by atoms with van der Waals surface area (Å²) in [6.07, 6.45) is -0.943. The number of aliphatic hydroxyl groups is 4. The molecule has 6 atom stereocenters. The molecule has 2 aliphatic rings. The fraction of sp³-hybridized carbons (Fsp3) is 0.455. The van der Waals surface area contributed by atoms with Crippen LogP contribution in [0.4, 0.5) is 11.4 Å². The lowest BCUT2D eigenvalue weighted by atomic mass is 9.77. The lowest BCUT2D eigenvalue weighted by molar-refractivity contribution is -0.385. The Bertz CT molecular complexity index is 1320. The smallest absolute Gasteiger partial charge is 0.286 e. The SMILES string of the molecule is O=[N+]([O-])c1ccc2[nH]cc(C3(C4(n5ccc([N+](=O)[O-])c5)C[C@H](O)[C@@H](CO)O4)C[C@H](O)[C@@H](CO)O3)c2c1. The summed E-state index contributed by atoms with van der Waals surface area (Å²) >= 11 is 0. The molecule has 36 heavy (non-hydrogen) atoms. The number of nitro benzene ring substituents is 1. The summed E-state index contributed by atoms with van der Waals surface area (Å²) in [6.45, 7) is -1.15. The van der Waals surface area contributed by atoms with Crippen LogP contribution in [-0.4, -0.2) is 77.5 Å². The molecule has 14 nitrogen and oxygen atoms in total. The molecule has 2 aliphatic heterocycles. The molecular weight excluding hydrogens is 480 g/mol. The van der Waals surface area contributed by atoms with Crippen molar-refractivity contribution in [2.45, 2.75) is 48.6 Å². The highest BCUT2D eigenvalue weighted by molar-refractivity contribution is 5.86. The number of aromatic amines is 1. The number of benzene rings is 1. The zero-order chi connectivity index (χ0) is 25.8. The molecule has 2 aromatic heterocycles. The molecule has 1 aromatic carbocycles. The van der Waals surface area contributed by atoms with E-state index < -0.39 is 58.8 Å². The van der Waals surface area contributed by atoms with Gasteiger partial charge in [-0.3, -0.25) is 20.2 Å². The summed E-state index contributed by atoms with van der Waals surface area (Å²) in [7, 11) is 0. The van der Waals surface area contributed by atoms with E-state index in [0.717, 1.165) is 0 Å². The number of hydrogen-bond donors (Lipinski definition) is 5. The Kier molecular flexibility index (Phi) is 5.82. The first-order valence-corrected chi connectivity index (χ1v) is 11.2. The minimum Gasteiger partial charge on any atom is -0.394 e. The Balaban J connectivity index is 1.80. The van der Waals surface area contributed by atoms with Crippen LogP contribution in [0.5, 0.6) is 0 Å². The average molecular weight is 504 g/mol. The lowest BCUT2D eigenvalue weighted by Crippen LogP contribution is -2.54. The number of hydrogen-bond acceptors (Lipinski definition) is 10. The molecule has 0 bridgehead atoms. The molecule has 0 saturated carbocycles. The average Bonchev–Trinajstić information content (AvgIpc) is 3.62. The van der Waals surface area contributed by atoms with Crippen LogP contribution in [0.15, 0.2) is 42.9 Å². The number of non-ortho nitro benzene ring substituents is 1. The van der Waals surface area contributed by atoms with Crippen molar-refractivity contribution >= 4 is 22.3 Å². The number of nitro groups is 2. The Morgan fingerprint density at radius 3 is 2.25 bits per heavy atom. The van der Waals surface area contributed by atoms with Crippen LogP contribution in [0.2, 0.25) is 0 Å². The van der Waals surface area contributed by atoms with Gasteiger partial charge in [0.1, 0.15) is 17.8 Å². The van der Waals surface area contributed by atoms with Crippen molar-refractivity contribution in [2.24, 2.45) is 0 Å². The zero-order valence-corrected chi connectivity index (χ0v) is 18.8. The van der Waals surface area contributed by atoms with Gasteiger partial charge < -0.3 is 39.5 Å². The van der Waals surface area contributed by atoms with E-state index in [1.807, 2.05) is 0 Å². The second-order valence-electron chi connectivity index (χ2n) is 9.06. The summed E-state index contributed by atoms with van der Waals surface area (Å²) in [5.74, 6) is 0. The van der Waals surface area contributed by atoms with Gasteiger partial charge in [-0.05, 0) is 6.07 Å². The number of aromatic nitrogens is 2. The summed E-state index contributed by atoms with van der Waals surface area (Å²) in [6, 6.07) is 5.38. The van der Waals surface area contributed by atoms with Crippen LogP contribution in [0.3, 0.4) is 0 Å². The van der Waals surface area contributed by atoms with Gasteiger partial charge in [0.15, 0.2) is 5.72 Å². The van der Waals surface area contributed by atoms with Crippen LogP contribution >= 0.6 is 0 Å². The molecule has 5 N–H and O–H groups in total. The maximum atomic E-state index is 11.5.